The van der Waals surface area contributed by atoms with E-state index in [9.17, 15) is 4.79 Å². The van der Waals surface area contributed by atoms with E-state index in [1.165, 1.54) is 19.2 Å². The number of carboxylic acids is 1. The molecule has 100 valence electrons. The normalized spacial score (nSPS) is 10.2. The van der Waals surface area contributed by atoms with Crippen LogP contribution < -0.4 is 9.47 Å². The van der Waals surface area contributed by atoms with Crippen molar-refractivity contribution >= 4 is 5.97 Å². The average molecular weight is 262 g/mol. The molecule has 1 aromatic carbocycles. The molecule has 0 aliphatic carbocycles. The first kappa shape index (κ1) is 12.9. The Morgan fingerprint density at radius 2 is 2.21 bits per heavy atom. The van der Waals surface area contributed by atoms with Gasteiger partial charge < -0.3 is 19.1 Å². The maximum atomic E-state index is 11.0. The summed E-state index contributed by atoms with van der Waals surface area (Å²) in [5.41, 5.74) is 0.130. The van der Waals surface area contributed by atoms with Crippen LogP contribution in [0.2, 0.25) is 0 Å². The summed E-state index contributed by atoms with van der Waals surface area (Å²) in [6.45, 7) is 2.66. The first-order chi connectivity index (χ1) is 9.15. The van der Waals surface area contributed by atoms with Crippen molar-refractivity contribution in [3.63, 3.8) is 0 Å². The quantitative estimate of drug-likeness (QED) is 0.895. The number of carbonyl (C=O) groups is 1. The van der Waals surface area contributed by atoms with Crippen LogP contribution in [0.25, 0.3) is 0 Å². The van der Waals surface area contributed by atoms with Crippen molar-refractivity contribution in [1.82, 2.24) is 9.55 Å². The highest BCUT2D eigenvalue weighted by Gasteiger charge is 2.13. The van der Waals surface area contributed by atoms with Gasteiger partial charge in [-0.05, 0) is 25.1 Å². The van der Waals surface area contributed by atoms with Gasteiger partial charge in [-0.15, -0.1) is 0 Å². The monoisotopic (exact) mass is 262 g/mol. The largest absolute Gasteiger partial charge is 0.493 e. The van der Waals surface area contributed by atoms with Crippen LogP contribution >= 0.6 is 0 Å². The third-order valence-corrected chi connectivity index (χ3v) is 2.63. The molecule has 0 bridgehead atoms. The van der Waals surface area contributed by atoms with Crippen LogP contribution in [0.15, 0.2) is 30.6 Å². The van der Waals surface area contributed by atoms with E-state index in [0.717, 1.165) is 0 Å². The Bertz CT molecular complexity index is 592. The molecular weight excluding hydrogens is 248 g/mol. The molecule has 2 rings (SSSR count). The molecule has 0 radical (unpaired) electrons. The van der Waals surface area contributed by atoms with E-state index in [4.69, 9.17) is 14.6 Å². The van der Waals surface area contributed by atoms with Crippen LogP contribution in [0.3, 0.4) is 0 Å². The molecule has 0 aliphatic heterocycles. The zero-order chi connectivity index (χ0) is 13.8. The molecule has 0 saturated carbocycles. The Morgan fingerprint density at radius 1 is 1.42 bits per heavy atom. The minimum atomic E-state index is -1.02. The average Bonchev–Trinajstić information content (AvgIpc) is 2.85. The van der Waals surface area contributed by atoms with Crippen LogP contribution in [-0.4, -0.2) is 27.7 Å². The second-order valence-corrected chi connectivity index (χ2v) is 3.77. The number of nitrogens with zero attached hydrogens (tertiary/aromatic N) is 2. The van der Waals surface area contributed by atoms with Crippen molar-refractivity contribution in [3.8, 4) is 17.5 Å². The van der Waals surface area contributed by atoms with Crippen LogP contribution in [0.5, 0.6) is 17.5 Å². The highest BCUT2D eigenvalue weighted by atomic mass is 16.5. The molecule has 0 atom stereocenters. The molecule has 1 aromatic heterocycles. The van der Waals surface area contributed by atoms with Gasteiger partial charge in [0.05, 0.1) is 12.7 Å². The van der Waals surface area contributed by atoms with Gasteiger partial charge >= 0.3 is 12.0 Å². The number of benzene rings is 1. The molecule has 6 nitrogen and oxygen atoms in total. The molecule has 0 aliphatic rings. The predicted molar refractivity (Wildman–Crippen MR) is 67.9 cm³/mol. The predicted octanol–water partition coefficient (Wildman–Crippen LogP) is 2.40. The van der Waals surface area contributed by atoms with Crippen molar-refractivity contribution in [2.75, 3.05) is 7.11 Å². The number of aromatic carboxylic acids is 1. The van der Waals surface area contributed by atoms with Gasteiger partial charge in [-0.3, -0.25) is 0 Å². The summed E-state index contributed by atoms with van der Waals surface area (Å²) in [6, 6.07) is 4.82. The van der Waals surface area contributed by atoms with E-state index in [1.54, 1.807) is 23.0 Å². The zero-order valence-electron chi connectivity index (χ0n) is 10.7. The lowest BCUT2D eigenvalue weighted by molar-refractivity contribution is 0.0696. The number of hydrogen-bond donors (Lipinski definition) is 1. The van der Waals surface area contributed by atoms with E-state index in [1.807, 2.05) is 6.92 Å². The van der Waals surface area contributed by atoms with E-state index >= 15 is 0 Å². The minimum Gasteiger partial charge on any atom is -0.493 e. The topological polar surface area (TPSA) is 73.6 Å². The molecular formula is C13H14N2O4. The summed E-state index contributed by atoms with van der Waals surface area (Å²) in [5, 5.41) is 8.98. The number of carboxylic acid groups (broad SMARTS) is 1. The number of aryl methyl sites for hydroxylation is 1. The molecule has 1 heterocycles. The van der Waals surface area contributed by atoms with Crippen molar-refractivity contribution in [1.29, 1.82) is 0 Å². The summed E-state index contributed by atoms with van der Waals surface area (Å²) in [4.78, 5) is 15.0. The van der Waals surface area contributed by atoms with E-state index in [2.05, 4.69) is 4.98 Å². The van der Waals surface area contributed by atoms with Gasteiger partial charge in [0.2, 0.25) is 0 Å². The lowest BCUT2D eigenvalue weighted by Crippen LogP contribution is -2.01. The molecule has 6 heteroatoms. The molecule has 2 aromatic rings. The third-order valence-electron chi connectivity index (χ3n) is 2.63. The second kappa shape index (κ2) is 5.43. The van der Waals surface area contributed by atoms with Gasteiger partial charge in [-0.25, -0.2) is 9.78 Å². The van der Waals surface area contributed by atoms with Gasteiger partial charge in [0.1, 0.15) is 0 Å². The van der Waals surface area contributed by atoms with Crippen LogP contribution in [-0.2, 0) is 6.54 Å². The molecule has 0 saturated heterocycles. The number of rotatable bonds is 5. The van der Waals surface area contributed by atoms with Gasteiger partial charge in [0.25, 0.3) is 0 Å². The van der Waals surface area contributed by atoms with Crippen LogP contribution in [0.4, 0.5) is 0 Å². The van der Waals surface area contributed by atoms with Crippen LogP contribution in [0, 0.1) is 0 Å². The SMILES string of the molecule is CCn1ccnc1Oc1cc(C(=O)O)ccc1OC. The molecule has 1 N–H and O–H groups in total. The fraction of sp³-hybridized carbons (Fsp3) is 0.231. The number of hydrogen-bond acceptors (Lipinski definition) is 4. The van der Waals surface area contributed by atoms with Gasteiger partial charge in [-0.2, -0.15) is 0 Å². The summed E-state index contributed by atoms with van der Waals surface area (Å²) in [7, 11) is 1.49. The van der Waals surface area contributed by atoms with Crippen molar-refractivity contribution in [2.24, 2.45) is 0 Å². The number of imidazole rings is 1. The molecule has 19 heavy (non-hydrogen) atoms. The maximum Gasteiger partial charge on any atom is 0.335 e. The van der Waals surface area contributed by atoms with Gasteiger partial charge in [-0.1, -0.05) is 0 Å². The Hall–Kier alpha value is -2.50. The molecule has 0 unspecified atom stereocenters. The van der Waals surface area contributed by atoms with Crippen molar-refractivity contribution < 1.29 is 19.4 Å². The minimum absolute atomic E-state index is 0.130. The Labute approximate surface area is 110 Å². The fourth-order valence-electron chi connectivity index (χ4n) is 1.63. The van der Waals surface area contributed by atoms with Crippen molar-refractivity contribution in [2.45, 2.75) is 13.5 Å². The summed E-state index contributed by atoms with van der Waals surface area (Å²) in [6.07, 6.45) is 3.40. The summed E-state index contributed by atoms with van der Waals surface area (Å²) >= 11 is 0. The Kier molecular flexibility index (Phi) is 3.70. The number of methoxy groups -OCH3 is 1. The summed E-state index contributed by atoms with van der Waals surface area (Å²) < 4.78 is 12.6. The zero-order valence-corrected chi connectivity index (χ0v) is 10.7. The van der Waals surface area contributed by atoms with E-state index in [0.29, 0.717) is 24.1 Å². The van der Waals surface area contributed by atoms with Gasteiger partial charge in [0, 0.05) is 18.9 Å². The molecule has 0 amide bonds. The third kappa shape index (κ3) is 2.67. The van der Waals surface area contributed by atoms with Gasteiger partial charge in [0.15, 0.2) is 11.5 Å². The lowest BCUT2D eigenvalue weighted by atomic mass is 10.2. The standard InChI is InChI=1S/C13H14N2O4/c1-3-15-7-6-14-13(15)19-11-8-9(12(16)17)4-5-10(11)18-2/h4-8H,3H2,1-2H3,(H,16,17). The molecule has 0 spiro atoms. The van der Waals surface area contributed by atoms with Crippen molar-refractivity contribution in [3.05, 3.63) is 36.2 Å². The van der Waals surface area contributed by atoms with E-state index < -0.39 is 5.97 Å². The summed E-state index contributed by atoms with van der Waals surface area (Å²) in [5.74, 6) is -0.245. The molecule has 0 fully saturated rings. The van der Waals surface area contributed by atoms with E-state index in [-0.39, 0.29) is 5.56 Å². The Morgan fingerprint density at radius 3 is 2.84 bits per heavy atom. The first-order valence-corrected chi connectivity index (χ1v) is 5.76. The smallest absolute Gasteiger partial charge is 0.335 e. The first-order valence-electron chi connectivity index (χ1n) is 5.76. The number of ether oxygens (including phenoxy) is 2. The second-order valence-electron chi connectivity index (χ2n) is 3.77. The highest BCUT2D eigenvalue weighted by molar-refractivity contribution is 5.88. The maximum absolute atomic E-state index is 11.0. The fourth-order valence-corrected chi connectivity index (χ4v) is 1.63. The Balaban J connectivity index is 2.37. The van der Waals surface area contributed by atoms with Crippen LogP contribution in [0.1, 0.15) is 17.3 Å². The lowest BCUT2D eigenvalue weighted by Gasteiger charge is -2.11. The number of aromatic nitrogens is 2. The highest BCUT2D eigenvalue weighted by Crippen LogP contribution is 2.31.